The van der Waals surface area contributed by atoms with Gasteiger partial charge in [0, 0.05) is 13.1 Å². The van der Waals surface area contributed by atoms with Crippen LogP contribution in [0.3, 0.4) is 0 Å². The summed E-state index contributed by atoms with van der Waals surface area (Å²) in [5.74, 6) is -1.18. The molecule has 0 saturated carbocycles. The summed E-state index contributed by atoms with van der Waals surface area (Å²) in [5.41, 5.74) is 7.42. The van der Waals surface area contributed by atoms with Crippen LogP contribution in [0.2, 0.25) is 0 Å². The van der Waals surface area contributed by atoms with Gasteiger partial charge in [-0.1, -0.05) is 48.9 Å². The zero-order chi connectivity index (χ0) is 21.4. The standard InChI is InChI=1S/C21H25N3O4S/c1-4-17-7-9-18(10-8-17)11-14-20(25)22-23-21(26)15-24(3)29(27,28)19-12-5-16(2)6-13-19/h5-14H,4,15H2,1-3H3,(H,22,25)(H,23,26)/b14-11+. The van der Waals surface area contributed by atoms with E-state index in [1.807, 2.05) is 31.2 Å². The van der Waals surface area contributed by atoms with E-state index in [2.05, 4.69) is 17.8 Å². The molecular formula is C21H25N3O4S. The molecule has 2 rings (SSSR count). The van der Waals surface area contributed by atoms with Crippen molar-refractivity contribution in [1.29, 1.82) is 0 Å². The number of sulfonamides is 1. The number of likely N-dealkylation sites (N-methyl/N-ethyl adjacent to an activating group) is 1. The monoisotopic (exact) mass is 415 g/mol. The molecule has 29 heavy (non-hydrogen) atoms. The molecule has 0 aliphatic rings. The van der Waals surface area contributed by atoms with Gasteiger partial charge in [0.25, 0.3) is 11.8 Å². The molecule has 7 nitrogen and oxygen atoms in total. The number of nitrogens with zero attached hydrogens (tertiary/aromatic N) is 1. The molecule has 8 heteroatoms. The number of benzene rings is 2. The minimum absolute atomic E-state index is 0.0967. The third kappa shape index (κ3) is 6.55. The predicted octanol–water partition coefficient (Wildman–Crippen LogP) is 2.04. The first-order valence-corrected chi connectivity index (χ1v) is 10.5. The van der Waals surface area contributed by atoms with Crippen molar-refractivity contribution in [3.8, 4) is 0 Å². The molecule has 2 aromatic rings. The minimum Gasteiger partial charge on any atom is -0.272 e. The van der Waals surface area contributed by atoms with E-state index in [0.29, 0.717) is 0 Å². The van der Waals surface area contributed by atoms with Gasteiger partial charge in [-0.3, -0.25) is 20.4 Å². The zero-order valence-electron chi connectivity index (χ0n) is 16.7. The fraction of sp³-hybridized carbons (Fsp3) is 0.238. The van der Waals surface area contributed by atoms with Crippen LogP contribution in [-0.4, -0.2) is 38.1 Å². The highest BCUT2D eigenvalue weighted by atomic mass is 32.2. The summed E-state index contributed by atoms with van der Waals surface area (Å²) >= 11 is 0. The van der Waals surface area contributed by atoms with Crippen LogP contribution in [-0.2, 0) is 26.0 Å². The third-order valence-corrected chi connectivity index (χ3v) is 6.05. The quantitative estimate of drug-likeness (QED) is 0.534. The highest BCUT2D eigenvalue weighted by Crippen LogP contribution is 2.14. The zero-order valence-corrected chi connectivity index (χ0v) is 17.5. The van der Waals surface area contributed by atoms with Gasteiger partial charge in [0.2, 0.25) is 10.0 Å². The minimum atomic E-state index is -3.80. The highest BCUT2D eigenvalue weighted by molar-refractivity contribution is 7.89. The van der Waals surface area contributed by atoms with E-state index in [4.69, 9.17) is 0 Å². The maximum Gasteiger partial charge on any atom is 0.262 e. The molecule has 0 fully saturated rings. The summed E-state index contributed by atoms with van der Waals surface area (Å²) in [6, 6.07) is 14.1. The second-order valence-corrected chi connectivity index (χ2v) is 8.58. The Balaban J connectivity index is 1.85. The molecule has 0 unspecified atom stereocenters. The number of hydrazine groups is 1. The van der Waals surface area contributed by atoms with Gasteiger partial charge in [-0.25, -0.2) is 8.42 Å². The summed E-state index contributed by atoms with van der Waals surface area (Å²) in [6.07, 6.45) is 3.84. The first-order chi connectivity index (χ1) is 13.7. The lowest BCUT2D eigenvalue weighted by atomic mass is 10.1. The second kappa shape index (κ2) is 9.99. The fourth-order valence-corrected chi connectivity index (χ4v) is 3.55. The lowest BCUT2D eigenvalue weighted by Gasteiger charge is -2.17. The van der Waals surface area contributed by atoms with Crippen molar-refractivity contribution in [2.24, 2.45) is 0 Å². The highest BCUT2D eigenvalue weighted by Gasteiger charge is 2.22. The van der Waals surface area contributed by atoms with Crippen LogP contribution < -0.4 is 10.9 Å². The van der Waals surface area contributed by atoms with Crippen LogP contribution in [0.4, 0.5) is 0 Å². The van der Waals surface area contributed by atoms with E-state index in [0.717, 1.165) is 21.9 Å². The summed E-state index contributed by atoms with van der Waals surface area (Å²) in [5, 5.41) is 0. The Hall–Kier alpha value is -2.97. The maximum absolute atomic E-state index is 12.5. The van der Waals surface area contributed by atoms with Crippen molar-refractivity contribution in [3.63, 3.8) is 0 Å². The van der Waals surface area contributed by atoms with Crippen LogP contribution in [0.5, 0.6) is 0 Å². The van der Waals surface area contributed by atoms with Gasteiger partial charge < -0.3 is 0 Å². The van der Waals surface area contributed by atoms with Crippen molar-refractivity contribution >= 4 is 27.9 Å². The molecule has 0 heterocycles. The van der Waals surface area contributed by atoms with E-state index >= 15 is 0 Å². The molecule has 0 atom stereocenters. The normalized spacial score (nSPS) is 11.6. The van der Waals surface area contributed by atoms with Crippen molar-refractivity contribution in [2.45, 2.75) is 25.2 Å². The molecular weight excluding hydrogens is 390 g/mol. The van der Waals surface area contributed by atoms with Crippen LogP contribution >= 0.6 is 0 Å². The number of hydrogen-bond acceptors (Lipinski definition) is 4. The third-order valence-electron chi connectivity index (χ3n) is 4.24. The molecule has 2 amide bonds. The van der Waals surface area contributed by atoms with Gasteiger partial charge >= 0.3 is 0 Å². The number of amides is 2. The topological polar surface area (TPSA) is 95.6 Å². The number of carbonyl (C=O) groups is 2. The Labute approximate surface area is 171 Å². The van der Waals surface area contributed by atoms with Gasteiger partial charge in [-0.15, -0.1) is 0 Å². The molecule has 0 spiro atoms. The van der Waals surface area contributed by atoms with Gasteiger partial charge in [0.15, 0.2) is 0 Å². The van der Waals surface area contributed by atoms with E-state index in [1.54, 1.807) is 18.2 Å². The van der Waals surface area contributed by atoms with Crippen molar-refractivity contribution in [2.75, 3.05) is 13.6 Å². The second-order valence-electron chi connectivity index (χ2n) is 6.54. The van der Waals surface area contributed by atoms with Gasteiger partial charge in [-0.05, 0) is 42.7 Å². The first kappa shape index (κ1) is 22.3. The van der Waals surface area contributed by atoms with Crippen LogP contribution in [0.25, 0.3) is 6.08 Å². The summed E-state index contributed by atoms with van der Waals surface area (Å²) in [4.78, 5) is 23.9. The molecule has 2 aromatic carbocycles. The fourth-order valence-electron chi connectivity index (χ4n) is 2.43. The molecule has 0 bridgehead atoms. The number of hydrogen-bond donors (Lipinski definition) is 2. The molecule has 2 N–H and O–H groups in total. The summed E-state index contributed by atoms with van der Waals surface area (Å²) < 4.78 is 25.9. The molecule has 0 aliphatic heterocycles. The average molecular weight is 416 g/mol. The lowest BCUT2D eigenvalue weighted by molar-refractivity contribution is -0.126. The SMILES string of the molecule is CCc1ccc(/C=C/C(=O)NNC(=O)CN(C)S(=O)(=O)c2ccc(C)cc2)cc1. The predicted molar refractivity (Wildman–Crippen MR) is 112 cm³/mol. The largest absolute Gasteiger partial charge is 0.272 e. The Morgan fingerprint density at radius 1 is 1.00 bits per heavy atom. The van der Waals surface area contributed by atoms with Gasteiger partial charge in [0.05, 0.1) is 11.4 Å². The van der Waals surface area contributed by atoms with Crippen molar-refractivity contribution in [3.05, 3.63) is 71.3 Å². The number of rotatable bonds is 7. The van der Waals surface area contributed by atoms with E-state index in [-0.39, 0.29) is 4.90 Å². The Morgan fingerprint density at radius 3 is 2.21 bits per heavy atom. The molecule has 0 saturated heterocycles. The molecule has 154 valence electrons. The smallest absolute Gasteiger partial charge is 0.262 e. The molecule has 0 aliphatic carbocycles. The summed E-state index contributed by atoms with van der Waals surface area (Å²) in [6.45, 7) is 3.48. The lowest BCUT2D eigenvalue weighted by Crippen LogP contribution is -2.46. The first-order valence-electron chi connectivity index (χ1n) is 9.11. The van der Waals surface area contributed by atoms with E-state index < -0.39 is 28.4 Å². The van der Waals surface area contributed by atoms with Crippen LogP contribution in [0.1, 0.15) is 23.6 Å². The van der Waals surface area contributed by atoms with E-state index in [1.165, 1.54) is 30.8 Å². The van der Waals surface area contributed by atoms with Crippen LogP contribution in [0, 0.1) is 6.92 Å². The van der Waals surface area contributed by atoms with Crippen molar-refractivity contribution in [1.82, 2.24) is 15.2 Å². The number of carbonyl (C=O) groups excluding carboxylic acids is 2. The average Bonchev–Trinajstić information content (AvgIpc) is 2.71. The Morgan fingerprint density at radius 2 is 1.62 bits per heavy atom. The van der Waals surface area contributed by atoms with E-state index in [9.17, 15) is 18.0 Å². The van der Waals surface area contributed by atoms with Crippen LogP contribution in [0.15, 0.2) is 59.5 Å². The van der Waals surface area contributed by atoms with Crippen molar-refractivity contribution < 1.29 is 18.0 Å². The number of aryl methyl sites for hydroxylation is 2. The maximum atomic E-state index is 12.5. The molecule has 0 radical (unpaired) electrons. The summed E-state index contributed by atoms with van der Waals surface area (Å²) in [7, 11) is -2.49. The van der Waals surface area contributed by atoms with Gasteiger partial charge in [0.1, 0.15) is 0 Å². The Bertz CT molecular complexity index is 982. The Kier molecular flexibility index (Phi) is 7.69. The number of nitrogens with one attached hydrogen (secondary N) is 2. The molecule has 0 aromatic heterocycles. The van der Waals surface area contributed by atoms with Gasteiger partial charge in [-0.2, -0.15) is 4.31 Å².